The molecule has 0 bridgehead atoms. The van der Waals surface area contributed by atoms with E-state index in [0.29, 0.717) is 30.6 Å². The smallest absolute Gasteiger partial charge is 0.404 e. The van der Waals surface area contributed by atoms with Crippen molar-refractivity contribution < 1.29 is 155 Å². The number of aryl methyl sites for hydroxylation is 1. The Bertz CT molecular complexity index is 5450. The summed E-state index contributed by atoms with van der Waals surface area (Å²) >= 11 is 0. The van der Waals surface area contributed by atoms with Gasteiger partial charge in [-0.25, -0.2) is 80.7 Å². The number of aliphatic hydroxyl groups excluding tert-OH is 6. The van der Waals surface area contributed by atoms with E-state index in [1.54, 1.807) is 65.3 Å². The molecule has 20 rings (SSSR count). The predicted octanol–water partition coefficient (Wildman–Crippen LogP) is -31.2. The number of amides is 3. The molecule has 0 aliphatic carbocycles. The topological polar surface area (TPSA) is 1130 Å². The lowest BCUT2D eigenvalue weighted by atomic mass is 9.85. The van der Waals surface area contributed by atoms with Crippen molar-refractivity contribution in [3.63, 3.8) is 0 Å². The highest BCUT2D eigenvalue weighted by molar-refractivity contribution is 6.02. The summed E-state index contributed by atoms with van der Waals surface area (Å²) in [6.07, 6.45) is -3.75. The average Bonchev–Trinajstić information content (AvgIpc) is 1.53. The van der Waals surface area contributed by atoms with E-state index in [9.17, 15) is 111 Å². The SMILES string of the molecule is CCCC1CC(O)(O)[C@]23NC(N)=[NH+][C@H]2[C@H](COC(N)=O)N=C(N)N13.C[C@H]1[C@H](O)C(O)(O)[C@]23NC(N)=[NH+][C@H]2[C@H](CO)N=C(N)N13.Cc1ccc(C(=O)O[C@H]2[C@@H](CO)N3C(N)=N[C@@H](CO)[C@@H]4[NH+]=C(N)N[C@@]43C2(O)O)cc1.NC(=O)OC[C@@H]1N=C(N)N2C(CCO)CC(O)(O)[C@@]23NC(N)=[NH+][C@@H]13.NC1=N[C@@H](CO)[C@@H]2[NH+]=C(N)N[C@]23N1c1ccccc1C3(O)O.NCCC1CC(O)(O)[C@]23NC(N)=N[C@H]2[C@H](COC(N)=O)N=C(N)N13. The van der Waals surface area contributed by atoms with Gasteiger partial charge in [-0.3, -0.25) is 78.1 Å². The van der Waals surface area contributed by atoms with Crippen LogP contribution in [-0.2, 0) is 24.7 Å². The number of para-hydroxylation sites is 1. The zero-order chi connectivity index (χ0) is 106. The molecule has 25 atom stereocenters. The second kappa shape index (κ2) is 37.1. The molecule has 2 aromatic carbocycles. The van der Waals surface area contributed by atoms with E-state index in [1.165, 1.54) is 19.6 Å². The predicted molar refractivity (Wildman–Crippen MR) is 493 cm³/mol. The lowest BCUT2D eigenvalue weighted by Gasteiger charge is -2.49. The number of hydrogen-bond donors (Lipinski definition) is 45. The first-order valence-corrected chi connectivity index (χ1v) is 45.5. The molecule has 5 saturated heterocycles. The third-order valence-electron chi connectivity index (χ3n) is 29.3. The van der Waals surface area contributed by atoms with Gasteiger partial charge in [0.25, 0.3) is 45.7 Å². The molecule has 3 unspecified atom stereocenters. The number of carbonyl (C=O) groups excluding carboxylic acids is 4. The van der Waals surface area contributed by atoms with Crippen molar-refractivity contribution in [1.82, 2.24) is 56.4 Å². The molecule has 3 amide bonds. The molecule has 66 heteroatoms. The number of nitrogens with two attached hydrogens (primary N) is 16. The minimum absolute atomic E-state index is 0.000764. The van der Waals surface area contributed by atoms with Gasteiger partial charge in [0.05, 0.1) is 43.7 Å². The van der Waals surface area contributed by atoms with Gasteiger partial charge in [0.1, 0.15) is 74.3 Å². The van der Waals surface area contributed by atoms with Crippen LogP contribution in [0.3, 0.4) is 0 Å². The Morgan fingerprint density at radius 3 is 1.26 bits per heavy atom. The second-order valence-corrected chi connectivity index (χ2v) is 37.6. The van der Waals surface area contributed by atoms with E-state index in [2.05, 4.69) is 91.8 Å². The van der Waals surface area contributed by atoms with Crippen molar-refractivity contribution in [2.45, 2.75) is 249 Å². The molecule has 61 N–H and O–H groups in total. The largest absolute Gasteiger partial charge is 0.450 e. The van der Waals surface area contributed by atoms with Gasteiger partial charge < -0.3 is 184 Å². The van der Waals surface area contributed by atoms with E-state index in [0.717, 1.165) is 12.0 Å². The van der Waals surface area contributed by atoms with Gasteiger partial charge in [0.2, 0.25) is 17.4 Å². The van der Waals surface area contributed by atoms with Crippen LogP contribution in [0.15, 0.2) is 83.5 Å². The number of fused-ring (bicyclic) bond motifs is 2. The van der Waals surface area contributed by atoms with E-state index in [-0.39, 0.29) is 154 Å². The Kier molecular flexibility index (Phi) is 26.9. The fourth-order valence-electron chi connectivity index (χ4n) is 23.8. The van der Waals surface area contributed by atoms with E-state index in [1.807, 2.05) is 13.8 Å². The van der Waals surface area contributed by atoms with Gasteiger partial charge in [-0.05, 0) is 57.9 Å². The van der Waals surface area contributed by atoms with E-state index >= 15 is 0 Å². The summed E-state index contributed by atoms with van der Waals surface area (Å²) in [6, 6.07) is 1.36. The average molecular weight is 2040 g/mol. The fourth-order valence-corrected chi connectivity index (χ4v) is 23.8. The first kappa shape index (κ1) is 105. The van der Waals surface area contributed by atoms with Crippen molar-refractivity contribution in [2.24, 2.45) is 127 Å². The number of aliphatic hydroxyl groups is 18. The Morgan fingerprint density at radius 1 is 0.438 bits per heavy atom. The van der Waals surface area contributed by atoms with Crippen LogP contribution in [0, 0.1) is 6.92 Å². The number of benzene rings is 2. The molecule has 66 nitrogen and oxygen atoms in total. The minimum Gasteiger partial charge on any atom is -0.450 e. The molecular weight excluding hydrogens is 1910 g/mol. The van der Waals surface area contributed by atoms with Crippen LogP contribution in [0.1, 0.15) is 80.3 Å². The van der Waals surface area contributed by atoms with Gasteiger partial charge >= 0.3 is 54.0 Å². The first-order valence-electron chi connectivity index (χ1n) is 45.5. The standard InChI is InChI=1S/C18H24N6O6.C13H23N7O4.C13H16N6O3.C12H22N8O4.C12H21N7O5.C10H18N6O4/c1-8-2-4-9(5-3-8)14(27)30-13-11(7-26)24-16(20)21-10(6-25)12-17(24,18(13,28)29)23-15(19)22-12;1-2-3-6-4-12(22,23)13-8(18-9(14)19-13)7(5-24-11(16)21)17-10(15)20(6)13;14-10-17-9-7(5-20)16-11(15)19-8-4-2-1-3-6(8)13(21,22)12(9,19)18-10;13-2-1-5-3-11(22,23)12-7(18-8(14)19-12)6(4-24-10(16)21)17-9(15)20(5)12;13-8-17-7-6(4-24-10(15)21)16-9(14)19-5(1-2-20)3-11(22,23)12(7,19)18-8;1-3-6(18)10(19,20)9-5(14-7(11)15-9)4(2-17)13-8(12)16(3)9/h2-5,10-13,25-26,28-29H,6-7H2,1H3,(H2,20,21)(H3,19,22,23);6-8,22-23H,2-5H2,1H3,(H2,15,17)(H2,16,21)(H3,14,18,19);1-4,7,9,20-22H,5H2,(H2,15,16)(H3,14,17,18);5-7,22-23H,1-4,13H2,(H2,15,17)(H2,16,21)(H3,14,18,19);5-7,20,22-23H,1-4H2,(H2,14,16)(H2,15,21)(H3,13,17,18);3-6,17-20H,2H2,1H3,(H2,12,13)(H3,11,14,15)/p+5/t10-,11+,12-,13-,17-;6?,7-,8-,13-;7-,9-,12-;2*5?,6-,7-,12-;3-,4-,5-,6-,9-/m000000/s1. The summed E-state index contributed by atoms with van der Waals surface area (Å²) in [4.78, 5) is 98.5. The molecule has 0 saturated carbocycles. The number of nitrogens with zero attached hydrogens (tertiary/aromatic N) is 13. The Hall–Kier alpha value is -13.8. The molecule has 792 valence electrons. The molecule has 0 aromatic heterocycles. The van der Waals surface area contributed by atoms with E-state index < -0.39 is 209 Å². The summed E-state index contributed by atoms with van der Waals surface area (Å²) in [5.41, 5.74) is 84.3. The summed E-state index contributed by atoms with van der Waals surface area (Å²) < 4.78 is 19.9. The van der Waals surface area contributed by atoms with Crippen LogP contribution in [0.2, 0.25) is 0 Å². The first-order chi connectivity index (χ1) is 67.5. The highest BCUT2D eigenvalue weighted by Gasteiger charge is 2.84. The maximum atomic E-state index is 12.7. The lowest BCUT2D eigenvalue weighted by molar-refractivity contribution is -0.523. The van der Waals surface area contributed by atoms with Gasteiger partial charge in [-0.15, -0.1) is 0 Å². The molecule has 18 heterocycles. The summed E-state index contributed by atoms with van der Waals surface area (Å²) in [6.45, 7) is 3.27. The van der Waals surface area contributed by atoms with Gasteiger partial charge in [0.15, 0.2) is 83.7 Å². The molecule has 5 fully saturated rings. The third-order valence-corrected chi connectivity index (χ3v) is 29.3. The van der Waals surface area contributed by atoms with Crippen molar-refractivity contribution in [3.8, 4) is 0 Å². The van der Waals surface area contributed by atoms with Crippen molar-refractivity contribution in [1.29, 1.82) is 0 Å². The van der Waals surface area contributed by atoms with Crippen LogP contribution in [0.5, 0.6) is 0 Å². The van der Waals surface area contributed by atoms with Crippen LogP contribution in [0.25, 0.3) is 0 Å². The number of rotatable bonds is 18. The number of guanidine groups is 12. The number of ether oxygens (including phenoxy) is 4. The maximum absolute atomic E-state index is 12.7. The normalized spacial score (nSPS) is 36.7. The quantitative estimate of drug-likeness (QED) is 0.0374. The zero-order valence-electron chi connectivity index (χ0n) is 77.8. The van der Waals surface area contributed by atoms with Crippen molar-refractivity contribution in [2.75, 3.05) is 64.3 Å². The Balaban J connectivity index is 0.000000131. The van der Waals surface area contributed by atoms with Crippen molar-refractivity contribution >= 4 is 101 Å². The third kappa shape index (κ3) is 15.6. The summed E-state index contributed by atoms with van der Waals surface area (Å²) in [5, 5.41) is 205. The van der Waals surface area contributed by atoms with Crippen LogP contribution >= 0.6 is 0 Å². The van der Waals surface area contributed by atoms with Crippen molar-refractivity contribution in [3.05, 3.63) is 65.2 Å². The number of nitrogens with one attached hydrogen (secondary N) is 11. The number of carbonyl (C=O) groups is 4. The Morgan fingerprint density at radius 2 is 0.812 bits per heavy atom. The molecule has 18 aliphatic rings. The number of primary amides is 3. The van der Waals surface area contributed by atoms with Crippen LogP contribution in [0.4, 0.5) is 20.1 Å². The van der Waals surface area contributed by atoms with Crippen LogP contribution < -0.4 is 154 Å². The van der Waals surface area contributed by atoms with E-state index in [4.69, 9.17) is 111 Å². The number of esters is 1. The number of anilines is 1. The molecule has 144 heavy (non-hydrogen) atoms. The number of aliphatic imine (C=N–C) groups is 7. The minimum atomic E-state index is -2.77. The summed E-state index contributed by atoms with van der Waals surface area (Å²) in [5.74, 6) is -14.3. The zero-order valence-corrected chi connectivity index (χ0v) is 77.8. The molecule has 18 aliphatic heterocycles. The molecule has 6 spiro atoms. The highest BCUT2D eigenvalue weighted by Crippen LogP contribution is 2.55. The monoisotopic (exact) mass is 2040 g/mol. The molecule has 0 radical (unpaired) electrons. The van der Waals surface area contributed by atoms with Gasteiger partial charge in [-0.2, -0.15) is 0 Å². The molecule has 2 aromatic rings. The van der Waals surface area contributed by atoms with Gasteiger partial charge in [0, 0.05) is 49.6 Å². The molecular formula is C78H129N40O26+5. The Labute approximate surface area is 815 Å². The highest BCUT2D eigenvalue weighted by atomic mass is 16.6. The summed E-state index contributed by atoms with van der Waals surface area (Å²) in [7, 11) is 0. The fraction of sp³-hybridized carbons (Fsp3) is 0.641. The number of hydrogen-bond acceptors (Lipinski definition) is 58. The van der Waals surface area contributed by atoms with Gasteiger partial charge in [-0.1, -0.05) is 49.2 Å². The maximum Gasteiger partial charge on any atom is 0.404 e. The second-order valence-electron chi connectivity index (χ2n) is 37.6. The lowest BCUT2D eigenvalue weighted by Crippen LogP contribution is -2.90. The van der Waals surface area contributed by atoms with Crippen LogP contribution in [-0.4, -0.2) is 449 Å².